The molecule has 0 radical (unpaired) electrons. The molecule has 1 aliphatic carbocycles. The van der Waals surface area contributed by atoms with Crippen molar-refractivity contribution in [2.45, 2.75) is 51.5 Å². The Kier molecular flexibility index (Phi) is 3.34. The van der Waals surface area contributed by atoms with Crippen molar-refractivity contribution in [3.63, 3.8) is 0 Å². The first-order valence-electron chi connectivity index (χ1n) is 6.44. The fraction of sp³-hybridized carbons (Fsp3) is 0.600. The Labute approximate surface area is 99.3 Å². The molecule has 0 bridgehead atoms. The lowest BCUT2D eigenvalue weighted by Gasteiger charge is -2.25. The molecule has 0 aromatic heterocycles. The van der Waals surface area contributed by atoms with Gasteiger partial charge in [-0.25, -0.2) is 0 Å². The van der Waals surface area contributed by atoms with Crippen molar-refractivity contribution >= 4 is 0 Å². The standard InChI is InChI=1S/C15H23N/c1-4-16-14-9-10-15(3,11-14)13-7-5-12(2)6-8-13/h5-8,14,16H,4,9-11H2,1-3H3. The van der Waals surface area contributed by atoms with Gasteiger partial charge in [0.2, 0.25) is 0 Å². The van der Waals surface area contributed by atoms with Gasteiger partial charge in [0.1, 0.15) is 0 Å². The van der Waals surface area contributed by atoms with E-state index >= 15 is 0 Å². The minimum atomic E-state index is 0.389. The van der Waals surface area contributed by atoms with Crippen molar-refractivity contribution in [1.82, 2.24) is 5.32 Å². The van der Waals surface area contributed by atoms with Crippen LogP contribution in [0.25, 0.3) is 0 Å². The first-order valence-corrected chi connectivity index (χ1v) is 6.44. The Bertz CT molecular complexity index is 341. The molecule has 0 heterocycles. The maximum atomic E-state index is 3.58. The average molecular weight is 217 g/mol. The van der Waals surface area contributed by atoms with Crippen molar-refractivity contribution < 1.29 is 0 Å². The molecule has 1 aromatic rings. The molecule has 2 rings (SSSR count). The Hall–Kier alpha value is -0.820. The van der Waals surface area contributed by atoms with Crippen LogP contribution in [-0.4, -0.2) is 12.6 Å². The number of rotatable bonds is 3. The molecule has 0 spiro atoms. The van der Waals surface area contributed by atoms with Gasteiger partial charge in [-0.05, 0) is 43.7 Å². The highest BCUT2D eigenvalue weighted by molar-refractivity contribution is 5.29. The highest BCUT2D eigenvalue weighted by atomic mass is 14.9. The van der Waals surface area contributed by atoms with E-state index in [0.29, 0.717) is 5.41 Å². The van der Waals surface area contributed by atoms with Crippen molar-refractivity contribution in [2.24, 2.45) is 0 Å². The summed E-state index contributed by atoms with van der Waals surface area (Å²) in [6.07, 6.45) is 3.91. The Morgan fingerprint density at radius 3 is 2.62 bits per heavy atom. The number of hydrogen-bond acceptors (Lipinski definition) is 1. The van der Waals surface area contributed by atoms with Crippen molar-refractivity contribution in [3.05, 3.63) is 35.4 Å². The lowest BCUT2D eigenvalue weighted by Crippen LogP contribution is -2.28. The van der Waals surface area contributed by atoms with Gasteiger partial charge in [-0.2, -0.15) is 0 Å². The molecular weight excluding hydrogens is 194 g/mol. The van der Waals surface area contributed by atoms with Crippen LogP contribution in [0, 0.1) is 6.92 Å². The van der Waals surface area contributed by atoms with Crippen LogP contribution in [0.1, 0.15) is 44.2 Å². The molecule has 2 unspecified atom stereocenters. The molecule has 1 aliphatic rings. The number of benzene rings is 1. The van der Waals surface area contributed by atoms with E-state index in [4.69, 9.17) is 0 Å². The summed E-state index contributed by atoms with van der Waals surface area (Å²) in [6.45, 7) is 7.85. The SMILES string of the molecule is CCNC1CCC(C)(c2ccc(C)cc2)C1. The zero-order chi connectivity index (χ0) is 11.6. The van der Waals surface area contributed by atoms with Crippen molar-refractivity contribution in [1.29, 1.82) is 0 Å². The van der Waals surface area contributed by atoms with Gasteiger partial charge in [0.05, 0.1) is 0 Å². The zero-order valence-electron chi connectivity index (χ0n) is 10.7. The summed E-state index contributed by atoms with van der Waals surface area (Å²) < 4.78 is 0. The number of hydrogen-bond donors (Lipinski definition) is 1. The maximum Gasteiger partial charge on any atom is 0.00756 e. The highest BCUT2D eigenvalue weighted by Gasteiger charge is 2.35. The molecule has 0 aliphatic heterocycles. The molecule has 1 aromatic carbocycles. The molecule has 1 N–H and O–H groups in total. The summed E-state index contributed by atoms with van der Waals surface area (Å²) in [4.78, 5) is 0. The number of aryl methyl sites for hydroxylation is 1. The fourth-order valence-electron chi connectivity index (χ4n) is 2.92. The molecule has 0 amide bonds. The van der Waals surface area contributed by atoms with Gasteiger partial charge in [-0.3, -0.25) is 0 Å². The topological polar surface area (TPSA) is 12.0 Å². The number of nitrogens with one attached hydrogen (secondary N) is 1. The largest absolute Gasteiger partial charge is 0.314 e. The molecule has 16 heavy (non-hydrogen) atoms. The van der Waals surface area contributed by atoms with E-state index in [1.807, 2.05) is 0 Å². The van der Waals surface area contributed by atoms with Crippen molar-refractivity contribution in [3.8, 4) is 0 Å². The smallest absolute Gasteiger partial charge is 0.00756 e. The van der Waals surface area contributed by atoms with Crippen molar-refractivity contribution in [2.75, 3.05) is 6.54 Å². The summed E-state index contributed by atoms with van der Waals surface area (Å²) in [5.41, 5.74) is 3.26. The van der Waals surface area contributed by atoms with E-state index in [0.717, 1.165) is 12.6 Å². The van der Waals surface area contributed by atoms with E-state index in [9.17, 15) is 0 Å². The Balaban J connectivity index is 2.12. The average Bonchev–Trinajstić information content (AvgIpc) is 2.63. The quantitative estimate of drug-likeness (QED) is 0.818. The lowest BCUT2D eigenvalue weighted by molar-refractivity contribution is 0.458. The predicted molar refractivity (Wildman–Crippen MR) is 69.8 cm³/mol. The van der Waals surface area contributed by atoms with Gasteiger partial charge in [-0.1, -0.05) is 43.7 Å². The van der Waals surface area contributed by atoms with Crippen LogP contribution in [0.4, 0.5) is 0 Å². The van der Waals surface area contributed by atoms with E-state index in [-0.39, 0.29) is 0 Å². The second-order valence-corrected chi connectivity index (χ2v) is 5.42. The van der Waals surface area contributed by atoms with E-state index < -0.39 is 0 Å². The molecule has 88 valence electrons. The minimum absolute atomic E-state index is 0.389. The van der Waals surface area contributed by atoms with Crippen LogP contribution in [0.15, 0.2) is 24.3 Å². The summed E-state index contributed by atoms with van der Waals surface area (Å²) in [6, 6.07) is 9.81. The van der Waals surface area contributed by atoms with E-state index in [2.05, 4.69) is 50.4 Å². The zero-order valence-corrected chi connectivity index (χ0v) is 10.7. The highest BCUT2D eigenvalue weighted by Crippen LogP contribution is 2.40. The Morgan fingerprint density at radius 1 is 1.31 bits per heavy atom. The van der Waals surface area contributed by atoms with E-state index in [1.165, 1.54) is 30.4 Å². The molecule has 0 saturated heterocycles. The molecule has 1 heteroatoms. The van der Waals surface area contributed by atoms with Gasteiger partial charge in [0.25, 0.3) is 0 Å². The second-order valence-electron chi connectivity index (χ2n) is 5.42. The van der Waals surface area contributed by atoms with Crippen LogP contribution in [-0.2, 0) is 5.41 Å². The molecule has 2 atom stereocenters. The lowest BCUT2D eigenvalue weighted by atomic mass is 9.80. The fourth-order valence-corrected chi connectivity index (χ4v) is 2.92. The first kappa shape index (κ1) is 11.7. The van der Waals surface area contributed by atoms with Gasteiger partial charge in [-0.15, -0.1) is 0 Å². The van der Waals surface area contributed by atoms with Crippen LogP contribution in [0.5, 0.6) is 0 Å². The summed E-state index contributed by atoms with van der Waals surface area (Å²) in [5, 5.41) is 3.58. The summed E-state index contributed by atoms with van der Waals surface area (Å²) in [5.74, 6) is 0. The van der Waals surface area contributed by atoms with E-state index in [1.54, 1.807) is 0 Å². The summed E-state index contributed by atoms with van der Waals surface area (Å²) >= 11 is 0. The van der Waals surface area contributed by atoms with Crippen LogP contribution < -0.4 is 5.32 Å². The molecule has 1 fully saturated rings. The summed E-state index contributed by atoms with van der Waals surface area (Å²) in [7, 11) is 0. The monoisotopic (exact) mass is 217 g/mol. The van der Waals surface area contributed by atoms with Gasteiger partial charge < -0.3 is 5.32 Å². The third-order valence-corrected chi connectivity index (χ3v) is 3.98. The molecule has 1 saturated carbocycles. The first-order chi connectivity index (χ1) is 7.64. The normalized spacial score (nSPS) is 29.6. The van der Waals surface area contributed by atoms with Crippen LogP contribution in [0.3, 0.4) is 0 Å². The molecule has 1 nitrogen and oxygen atoms in total. The molecular formula is C15H23N. The minimum Gasteiger partial charge on any atom is -0.314 e. The van der Waals surface area contributed by atoms with Gasteiger partial charge in [0.15, 0.2) is 0 Å². The maximum absolute atomic E-state index is 3.58. The Morgan fingerprint density at radius 2 is 2.00 bits per heavy atom. The van der Waals surface area contributed by atoms with Gasteiger partial charge >= 0.3 is 0 Å². The predicted octanol–water partition coefficient (Wildman–Crippen LogP) is 3.41. The van der Waals surface area contributed by atoms with Gasteiger partial charge in [0, 0.05) is 6.04 Å². The third-order valence-electron chi connectivity index (χ3n) is 3.98. The third kappa shape index (κ3) is 2.30. The van der Waals surface area contributed by atoms with Crippen LogP contribution in [0.2, 0.25) is 0 Å². The van der Waals surface area contributed by atoms with Crippen LogP contribution >= 0.6 is 0 Å². The second kappa shape index (κ2) is 4.58.